The highest BCUT2D eigenvalue weighted by atomic mass is 28.4. The Morgan fingerprint density at radius 3 is 2.05 bits per heavy atom. The van der Waals surface area contributed by atoms with Gasteiger partial charge in [-0.15, -0.1) is 0 Å². The normalized spacial score (nSPS) is 19.9. The first-order valence-electron chi connectivity index (χ1n) is 8.48. The van der Waals surface area contributed by atoms with E-state index in [1.807, 2.05) is 6.92 Å². The van der Waals surface area contributed by atoms with Crippen molar-refractivity contribution in [2.24, 2.45) is 0 Å². The topological polar surface area (TPSA) is 35.5 Å². The zero-order chi connectivity index (χ0) is 16.1. The fraction of sp³-hybridized carbons (Fsp3) is 0.941. The van der Waals surface area contributed by atoms with Crippen molar-refractivity contribution in [3.63, 3.8) is 0 Å². The predicted molar refractivity (Wildman–Crippen MR) is 90.0 cm³/mol. The number of esters is 1. The van der Waals surface area contributed by atoms with Crippen molar-refractivity contribution in [3.8, 4) is 0 Å². The predicted octanol–water partition coefficient (Wildman–Crippen LogP) is 5.05. The van der Waals surface area contributed by atoms with Crippen LogP contribution in [0.25, 0.3) is 0 Å². The number of ether oxygens (including phenoxy) is 1. The van der Waals surface area contributed by atoms with Gasteiger partial charge in [0.2, 0.25) is 0 Å². The number of carbonyl (C=O) groups is 1. The van der Waals surface area contributed by atoms with Crippen molar-refractivity contribution in [3.05, 3.63) is 0 Å². The molecule has 0 heterocycles. The van der Waals surface area contributed by atoms with Gasteiger partial charge in [-0.3, -0.25) is 4.79 Å². The lowest BCUT2D eigenvalue weighted by atomic mass is 9.91. The molecule has 1 aliphatic rings. The highest BCUT2D eigenvalue weighted by Gasteiger charge is 2.45. The molecule has 0 spiro atoms. The number of rotatable bonds is 5. The van der Waals surface area contributed by atoms with E-state index in [1.165, 1.54) is 12.8 Å². The van der Waals surface area contributed by atoms with Crippen LogP contribution in [-0.2, 0) is 14.0 Å². The van der Waals surface area contributed by atoms with Crippen molar-refractivity contribution in [2.45, 2.75) is 96.4 Å². The third kappa shape index (κ3) is 5.40. The Hall–Kier alpha value is -0.353. The lowest BCUT2D eigenvalue weighted by Crippen LogP contribution is -2.50. The molecule has 0 radical (unpaired) electrons. The van der Waals surface area contributed by atoms with Gasteiger partial charge in [-0.25, -0.2) is 0 Å². The van der Waals surface area contributed by atoms with Crippen LogP contribution in [0, 0.1) is 0 Å². The van der Waals surface area contributed by atoms with Crippen molar-refractivity contribution in [1.29, 1.82) is 0 Å². The van der Waals surface area contributed by atoms with Gasteiger partial charge < -0.3 is 9.16 Å². The molecule has 0 unspecified atom stereocenters. The van der Waals surface area contributed by atoms with Crippen molar-refractivity contribution >= 4 is 14.3 Å². The molecule has 1 fully saturated rings. The molecule has 21 heavy (non-hydrogen) atoms. The van der Waals surface area contributed by atoms with Gasteiger partial charge in [0, 0.05) is 0 Å². The summed E-state index contributed by atoms with van der Waals surface area (Å²) in [4.78, 5) is 12.1. The maximum absolute atomic E-state index is 12.1. The Morgan fingerprint density at radius 1 is 1.10 bits per heavy atom. The van der Waals surface area contributed by atoms with E-state index in [2.05, 4.69) is 33.9 Å². The largest absolute Gasteiger partial charge is 0.466 e. The standard InChI is InChI=1S/C17H34O3Si/c1-7-19-15(18)14-17(12-10-8-9-11-13-17)20-21(5,6)16(2,3)4/h7-14H2,1-6H3. The van der Waals surface area contributed by atoms with E-state index in [1.54, 1.807) is 0 Å². The molecule has 1 saturated carbocycles. The maximum Gasteiger partial charge on any atom is 0.308 e. The van der Waals surface area contributed by atoms with Crippen LogP contribution in [0.15, 0.2) is 0 Å². The SMILES string of the molecule is CCOC(=O)CC1(O[Si](C)(C)C(C)(C)C)CCCCCC1. The summed E-state index contributed by atoms with van der Waals surface area (Å²) in [6.07, 6.45) is 7.25. The first-order valence-corrected chi connectivity index (χ1v) is 11.4. The van der Waals surface area contributed by atoms with E-state index < -0.39 is 8.32 Å². The summed E-state index contributed by atoms with van der Waals surface area (Å²) < 4.78 is 12.0. The summed E-state index contributed by atoms with van der Waals surface area (Å²) >= 11 is 0. The van der Waals surface area contributed by atoms with Crippen LogP contribution in [0.5, 0.6) is 0 Å². The zero-order valence-electron chi connectivity index (χ0n) is 14.9. The van der Waals surface area contributed by atoms with Crippen molar-refractivity contribution in [1.82, 2.24) is 0 Å². The van der Waals surface area contributed by atoms with Crippen LogP contribution >= 0.6 is 0 Å². The summed E-state index contributed by atoms with van der Waals surface area (Å²) in [6, 6.07) is 0. The van der Waals surface area contributed by atoms with Gasteiger partial charge >= 0.3 is 5.97 Å². The van der Waals surface area contributed by atoms with Gasteiger partial charge in [0.1, 0.15) is 0 Å². The third-order valence-electron chi connectivity index (χ3n) is 5.06. The molecular weight excluding hydrogens is 280 g/mol. The van der Waals surface area contributed by atoms with Crippen LogP contribution in [0.3, 0.4) is 0 Å². The first-order chi connectivity index (χ1) is 9.62. The van der Waals surface area contributed by atoms with E-state index in [-0.39, 0.29) is 16.6 Å². The van der Waals surface area contributed by atoms with Gasteiger partial charge in [-0.05, 0) is 37.9 Å². The molecule has 0 bridgehead atoms. The highest BCUT2D eigenvalue weighted by Crippen LogP contribution is 2.44. The zero-order valence-corrected chi connectivity index (χ0v) is 15.9. The molecule has 1 aliphatic carbocycles. The van der Waals surface area contributed by atoms with Gasteiger partial charge in [0.05, 0.1) is 18.6 Å². The number of hydrogen-bond acceptors (Lipinski definition) is 3. The van der Waals surface area contributed by atoms with Crippen LogP contribution in [0.2, 0.25) is 18.1 Å². The third-order valence-corrected chi connectivity index (χ3v) is 9.62. The average Bonchev–Trinajstić information content (AvgIpc) is 2.52. The summed E-state index contributed by atoms with van der Waals surface area (Å²) in [5.41, 5.74) is -0.286. The number of hydrogen-bond donors (Lipinski definition) is 0. The molecule has 0 aromatic rings. The van der Waals surface area contributed by atoms with E-state index in [0.717, 1.165) is 25.7 Å². The molecule has 3 nitrogen and oxygen atoms in total. The molecule has 0 N–H and O–H groups in total. The second kappa shape index (κ2) is 7.27. The Labute approximate surface area is 131 Å². The Kier molecular flexibility index (Phi) is 6.48. The fourth-order valence-electron chi connectivity index (χ4n) is 2.86. The van der Waals surface area contributed by atoms with E-state index >= 15 is 0 Å². The van der Waals surface area contributed by atoms with E-state index in [9.17, 15) is 4.79 Å². The fourth-order valence-corrected chi connectivity index (χ4v) is 4.52. The van der Waals surface area contributed by atoms with Crippen LogP contribution < -0.4 is 0 Å². The van der Waals surface area contributed by atoms with Crippen molar-refractivity contribution < 1.29 is 14.0 Å². The first kappa shape index (κ1) is 18.7. The van der Waals surface area contributed by atoms with Gasteiger partial charge in [0.25, 0.3) is 0 Å². The smallest absolute Gasteiger partial charge is 0.308 e. The summed E-state index contributed by atoms with van der Waals surface area (Å²) in [5.74, 6) is -0.0990. The van der Waals surface area contributed by atoms with Crippen LogP contribution in [0.4, 0.5) is 0 Å². The second-order valence-corrected chi connectivity index (χ2v) is 12.7. The molecule has 0 aromatic carbocycles. The maximum atomic E-state index is 12.1. The van der Waals surface area contributed by atoms with Crippen LogP contribution in [-0.4, -0.2) is 26.5 Å². The summed E-state index contributed by atoms with van der Waals surface area (Å²) in [6.45, 7) is 13.7. The molecule has 0 saturated heterocycles. The highest BCUT2D eigenvalue weighted by molar-refractivity contribution is 6.74. The lowest BCUT2D eigenvalue weighted by Gasteiger charge is -2.45. The van der Waals surface area contributed by atoms with Crippen LogP contribution in [0.1, 0.15) is 72.6 Å². The summed E-state index contributed by atoms with van der Waals surface area (Å²) in [5, 5.41) is 0.168. The molecule has 0 atom stereocenters. The quantitative estimate of drug-likeness (QED) is 0.404. The van der Waals surface area contributed by atoms with Gasteiger partial charge in [-0.1, -0.05) is 46.5 Å². The second-order valence-electron chi connectivity index (χ2n) is 7.94. The molecule has 0 aliphatic heterocycles. The molecule has 1 rings (SSSR count). The average molecular weight is 315 g/mol. The van der Waals surface area contributed by atoms with Crippen molar-refractivity contribution in [2.75, 3.05) is 6.61 Å². The van der Waals surface area contributed by atoms with Gasteiger partial charge in [-0.2, -0.15) is 0 Å². The Morgan fingerprint density at radius 2 is 1.62 bits per heavy atom. The molecule has 4 heteroatoms. The molecule has 0 aromatic heterocycles. The molecular formula is C17H34O3Si. The lowest BCUT2D eigenvalue weighted by molar-refractivity contribution is -0.148. The molecule has 0 amide bonds. The summed E-state index contributed by atoms with van der Waals surface area (Å²) in [7, 11) is -1.88. The van der Waals surface area contributed by atoms with E-state index in [0.29, 0.717) is 13.0 Å². The minimum Gasteiger partial charge on any atom is -0.466 e. The Balaban J connectivity index is 2.93. The number of carbonyl (C=O) groups excluding carboxylic acids is 1. The van der Waals surface area contributed by atoms with Gasteiger partial charge in [0.15, 0.2) is 8.32 Å². The monoisotopic (exact) mass is 314 g/mol. The Bertz CT molecular complexity index is 336. The van der Waals surface area contributed by atoms with E-state index in [4.69, 9.17) is 9.16 Å². The minimum atomic E-state index is -1.88. The minimum absolute atomic E-state index is 0.0990. The molecule has 124 valence electrons.